The first kappa shape index (κ1) is 11.8. The molecule has 0 saturated heterocycles. The molecule has 0 aliphatic heterocycles. The van der Waals surface area contributed by atoms with E-state index in [-0.39, 0.29) is 6.42 Å². The van der Waals surface area contributed by atoms with Crippen LogP contribution in [0.2, 0.25) is 0 Å². The molecular formula is C8H11F2NO4. The van der Waals surface area contributed by atoms with Crippen LogP contribution in [0.4, 0.5) is 8.78 Å². The van der Waals surface area contributed by atoms with Crippen molar-refractivity contribution < 1.29 is 28.6 Å². The van der Waals surface area contributed by atoms with Gasteiger partial charge in [-0.25, -0.2) is 8.78 Å². The summed E-state index contributed by atoms with van der Waals surface area (Å²) >= 11 is 0. The van der Waals surface area contributed by atoms with Gasteiger partial charge in [0, 0.05) is 6.54 Å². The Morgan fingerprint density at radius 2 is 2.00 bits per heavy atom. The van der Waals surface area contributed by atoms with E-state index in [1.807, 2.05) is 0 Å². The normalized spacial score (nSPS) is 26.1. The Balaban J connectivity index is 2.24. The number of hydrogen-bond acceptors (Lipinski definition) is 3. The molecule has 0 radical (unpaired) electrons. The third kappa shape index (κ3) is 3.12. The Morgan fingerprint density at radius 3 is 2.40 bits per heavy atom. The van der Waals surface area contributed by atoms with E-state index in [0.29, 0.717) is 0 Å². The lowest BCUT2D eigenvalue weighted by Crippen LogP contribution is -2.37. The quantitative estimate of drug-likeness (QED) is 0.583. The second kappa shape index (κ2) is 4.52. The molecule has 1 saturated carbocycles. The number of rotatable bonds is 5. The summed E-state index contributed by atoms with van der Waals surface area (Å²) in [5.74, 6) is -3.02. The van der Waals surface area contributed by atoms with Gasteiger partial charge >= 0.3 is 5.97 Å². The number of hydrogen-bond donors (Lipinski definition) is 3. The standard InChI is InChI=1S/C8H11F2NO4/c9-6(10)5(12)2-11-7(13)3-1-4(3)8(14)15/h3-6,12H,1-2H2,(H,11,13)(H,14,15). The van der Waals surface area contributed by atoms with E-state index < -0.39 is 42.8 Å². The fourth-order valence-corrected chi connectivity index (χ4v) is 1.18. The van der Waals surface area contributed by atoms with Crippen LogP contribution in [0.1, 0.15) is 6.42 Å². The van der Waals surface area contributed by atoms with Crippen molar-refractivity contribution in [1.29, 1.82) is 0 Å². The van der Waals surface area contributed by atoms with Gasteiger partial charge in [-0.3, -0.25) is 9.59 Å². The van der Waals surface area contributed by atoms with Crippen LogP contribution in [-0.2, 0) is 9.59 Å². The first-order valence-corrected chi connectivity index (χ1v) is 4.40. The number of alkyl halides is 2. The number of aliphatic hydroxyl groups is 1. The average molecular weight is 223 g/mol. The molecule has 7 heteroatoms. The summed E-state index contributed by atoms with van der Waals surface area (Å²) in [5, 5.41) is 19.2. The lowest BCUT2D eigenvalue weighted by Gasteiger charge is -2.10. The van der Waals surface area contributed by atoms with Crippen LogP contribution >= 0.6 is 0 Å². The summed E-state index contributed by atoms with van der Waals surface area (Å²) in [7, 11) is 0. The largest absolute Gasteiger partial charge is 0.481 e. The highest BCUT2D eigenvalue weighted by Gasteiger charge is 2.48. The molecule has 86 valence electrons. The zero-order chi connectivity index (χ0) is 11.6. The Bertz CT molecular complexity index is 271. The van der Waals surface area contributed by atoms with Crippen molar-refractivity contribution in [2.24, 2.45) is 11.8 Å². The zero-order valence-corrected chi connectivity index (χ0v) is 7.69. The molecule has 3 atom stereocenters. The molecule has 0 aromatic carbocycles. The zero-order valence-electron chi connectivity index (χ0n) is 7.69. The molecule has 0 heterocycles. The van der Waals surface area contributed by atoms with Crippen LogP contribution in [0.5, 0.6) is 0 Å². The number of aliphatic carboxylic acids is 1. The number of carboxylic acid groups (broad SMARTS) is 1. The SMILES string of the molecule is O=C(O)C1CC1C(=O)NCC(O)C(F)F. The van der Waals surface area contributed by atoms with Gasteiger partial charge in [0.25, 0.3) is 6.43 Å². The Kier molecular flexibility index (Phi) is 3.57. The van der Waals surface area contributed by atoms with E-state index in [9.17, 15) is 18.4 Å². The Hall–Kier alpha value is -1.24. The average Bonchev–Trinajstić information content (AvgIpc) is 2.92. The lowest BCUT2D eigenvalue weighted by molar-refractivity contribution is -0.140. The second-order valence-corrected chi connectivity index (χ2v) is 3.43. The fourth-order valence-electron chi connectivity index (χ4n) is 1.18. The van der Waals surface area contributed by atoms with Crippen LogP contribution < -0.4 is 5.32 Å². The minimum Gasteiger partial charge on any atom is -0.481 e. The third-order valence-electron chi connectivity index (χ3n) is 2.22. The molecule has 0 bridgehead atoms. The Morgan fingerprint density at radius 1 is 1.40 bits per heavy atom. The number of amides is 1. The monoisotopic (exact) mass is 223 g/mol. The van der Waals surface area contributed by atoms with Gasteiger partial charge in [0.1, 0.15) is 6.10 Å². The maximum Gasteiger partial charge on any atom is 0.307 e. The maximum atomic E-state index is 11.8. The van der Waals surface area contributed by atoms with E-state index in [1.54, 1.807) is 0 Å². The summed E-state index contributed by atoms with van der Waals surface area (Å²) in [6.45, 7) is -0.556. The highest BCUT2D eigenvalue weighted by atomic mass is 19.3. The van der Waals surface area contributed by atoms with Crippen molar-refractivity contribution in [1.82, 2.24) is 5.32 Å². The number of halogens is 2. The molecule has 0 spiro atoms. The second-order valence-electron chi connectivity index (χ2n) is 3.43. The molecule has 5 nitrogen and oxygen atoms in total. The van der Waals surface area contributed by atoms with E-state index in [1.165, 1.54) is 0 Å². The number of carbonyl (C=O) groups is 2. The van der Waals surface area contributed by atoms with Gasteiger partial charge in [0.15, 0.2) is 0 Å². The van der Waals surface area contributed by atoms with Crippen molar-refractivity contribution in [3.05, 3.63) is 0 Å². The van der Waals surface area contributed by atoms with Gasteiger partial charge in [0.2, 0.25) is 5.91 Å². The lowest BCUT2D eigenvalue weighted by atomic mass is 10.3. The van der Waals surface area contributed by atoms with Crippen molar-refractivity contribution in [2.75, 3.05) is 6.54 Å². The van der Waals surface area contributed by atoms with E-state index in [0.717, 1.165) is 0 Å². The summed E-state index contributed by atoms with van der Waals surface area (Å²) < 4.78 is 23.6. The number of aliphatic hydroxyl groups excluding tert-OH is 1. The number of nitrogens with one attached hydrogen (secondary N) is 1. The van der Waals surface area contributed by atoms with Crippen molar-refractivity contribution in [2.45, 2.75) is 19.0 Å². The number of carboxylic acids is 1. The van der Waals surface area contributed by atoms with Gasteiger partial charge in [-0.05, 0) is 6.42 Å². The van der Waals surface area contributed by atoms with Crippen LogP contribution in [0, 0.1) is 11.8 Å². The molecule has 1 amide bonds. The van der Waals surface area contributed by atoms with E-state index in [4.69, 9.17) is 10.2 Å². The van der Waals surface area contributed by atoms with Crippen LogP contribution in [0.15, 0.2) is 0 Å². The van der Waals surface area contributed by atoms with E-state index >= 15 is 0 Å². The molecular weight excluding hydrogens is 212 g/mol. The maximum absolute atomic E-state index is 11.8. The first-order chi connectivity index (χ1) is 6.93. The predicted molar refractivity (Wildman–Crippen MR) is 44.3 cm³/mol. The van der Waals surface area contributed by atoms with Gasteiger partial charge in [-0.15, -0.1) is 0 Å². The molecule has 3 unspecified atom stereocenters. The van der Waals surface area contributed by atoms with Crippen LogP contribution in [0.3, 0.4) is 0 Å². The molecule has 15 heavy (non-hydrogen) atoms. The summed E-state index contributed by atoms with van der Waals surface area (Å²) in [5.41, 5.74) is 0. The van der Waals surface area contributed by atoms with E-state index in [2.05, 4.69) is 5.32 Å². The van der Waals surface area contributed by atoms with Gasteiger partial charge in [0.05, 0.1) is 11.8 Å². The van der Waals surface area contributed by atoms with Crippen molar-refractivity contribution in [3.63, 3.8) is 0 Å². The fraction of sp³-hybridized carbons (Fsp3) is 0.750. The molecule has 1 aliphatic rings. The summed E-state index contributed by atoms with van der Waals surface area (Å²) in [6, 6.07) is 0. The van der Waals surface area contributed by atoms with Crippen molar-refractivity contribution in [3.8, 4) is 0 Å². The van der Waals surface area contributed by atoms with Gasteiger partial charge in [-0.2, -0.15) is 0 Å². The Labute approximate surface area is 84.1 Å². The van der Waals surface area contributed by atoms with Crippen LogP contribution in [-0.4, -0.2) is 41.2 Å². The smallest absolute Gasteiger partial charge is 0.307 e. The molecule has 3 N–H and O–H groups in total. The highest BCUT2D eigenvalue weighted by Crippen LogP contribution is 2.38. The molecule has 0 aromatic rings. The summed E-state index contributed by atoms with van der Waals surface area (Å²) in [4.78, 5) is 21.5. The predicted octanol–water partition coefficient (Wildman–Crippen LogP) is -0.551. The highest BCUT2D eigenvalue weighted by molar-refractivity contribution is 5.89. The molecule has 1 aliphatic carbocycles. The van der Waals surface area contributed by atoms with Gasteiger partial charge < -0.3 is 15.5 Å². The van der Waals surface area contributed by atoms with Crippen molar-refractivity contribution >= 4 is 11.9 Å². The molecule has 1 rings (SSSR count). The minimum atomic E-state index is -2.92. The minimum absolute atomic E-state index is 0.228. The summed E-state index contributed by atoms with van der Waals surface area (Å²) in [6.07, 6.45) is -4.60. The molecule has 1 fully saturated rings. The van der Waals surface area contributed by atoms with Gasteiger partial charge in [-0.1, -0.05) is 0 Å². The third-order valence-corrected chi connectivity index (χ3v) is 2.22. The number of carbonyl (C=O) groups excluding carboxylic acids is 1. The molecule has 0 aromatic heterocycles. The topological polar surface area (TPSA) is 86.6 Å². The first-order valence-electron chi connectivity index (χ1n) is 4.40. The van der Waals surface area contributed by atoms with Crippen LogP contribution in [0.25, 0.3) is 0 Å².